The van der Waals surface area contributed by atoms with Gasteiger partial charge in [0.2, 0.25) is 5.91 Å². The summed E-state index contributed by atoms with van der Waals surface area (Å²) in [5.74, 6) is -0.347. The Kier molecular flexibility index (Phi) is 10.5. The zero-order valence-electron chi connectivity index (χ0n) is 15.4. The number of nitrogens with one attached hydrogen (secondary N) is 2. The summed E-state index contributed by atoms with van der Waals surface area (Å²) in [7, 11) is 0. The van der Waals surface area contributed by atoms with Crippen LogP contribution in [0, 0.1) is 5.82 Å². The molecule has 2 aliphatic rings. The predicted molar refractivity (Wildman–Crippen MR) is 106 cm³/mol. The lowest BCUT2D eigenvalue weighted by atomic mass is 10.0. The van der Waals surface area contributed by atoms with Crippen molar-refractivity contribution in [3.05, 3.63) is 35.6 Å². The fourth-order valence-corrected chi connectivity index (χ4v) is 3.40. The summed E-state index contributed by atoms with van der Waals surface area (Å²) in [6.07, 6.45) is -0.162. The van der Waals surface area contributed by atoms with Crippen LogP contribution in [0.15, 0.2) is 24.3 Å². The van der Waals surface area contributed by atoms with Crippen LogP contribution in [-0.4, -0.2) is 69.0 Å². The highest BCUT2D eigenvalue weighted by atomic mass is 35.5. The third kappa shape index (κ3) is 6.55. The first-order chi connectivity index (χ1) is 12.1. The number of carbonyl (C=O) groups is 1. The monoisotopic (exact) mass is 423 g/mol. The molecule has 3 atom stereocenters. The average Bonchev–Trinajstić information content (AvgIpc) is 2.63. The minimum absolute atomic E-state index is 0. The van der Waals surface area contributed by atoms with E-state index in [-0.39, 0.29) is 54.7 Å². The van der Waals surface area contributed by atoms with Crippen molar-refractivity contribution in [1.82, 2.24) is 15.5 Å². The quantitative estimate of drug-likeness (QED) is 0.751. The second kappa shape index (κ2) is 11.8. The molecule has 2 aliphatic heterocycles. The zero-order chi connectivity index (χ0) is 17.6. The minimum atomic E-state index is -0.355. The smallest absolute Gasteiger partial charge is 0.239 e. The molecule has 27 heavy (non-hydrogen) atoms. The van der Waals surface area contributed by atoms with Crippen molar-refractivity contribution in [3.8, 4) is 0 Å². The molecule has 2 saturated heterocycles. The van der Waals surface area contributed by atoms with Crippen LogP contribution in [0.5, 0.6) is 0 Å². The van der Waals surface area contributed by atoms with Gasteiger partial charge in [-0.25, -0.2) is 4.39 Å². The van der Waals surface area contributed by atoms with Crippen LogP contribution in [-0.2, 0) is 14.3 Å². The van der Waals surface area contributed by atoms with Crippen molar-refractivity contribution >= 4 is 30.7 Å². The molecule has 0 radical (unpaired) electrons. The molecule has 2 heterocycles. The molecule has 3 rings (SSSR count). The fourth-order valence-electron chi connectivity index (χ4n) is 3.40. The van der Waals surface area contributed by atoms with Gasteiger partial charge in [-0.05, 0) is 24.6 Å². The van der Waals surface area contributed by atoms with Crippen molar-refractivity contribution in [1.29, 1.82) is 0 Å². The van der Waals surface area contributed by atoms with Gasteiger partial charge in [-0.15, -0.1) is 24.8 Å². The third-order valence-corrected chi connectivity index (χ3v) is 4.79. The van der Waals surface area contributed by atoms with Crippen LogP contribution in [0.25, 0.3) is 0 Å². The van der Waals surface area contributed by atoms with Crippen LogP contribution in [0.1, 0.15) is 18.5 Å². The van der Waals surface area contributed by atoms with Gasteiger partial charge in [0.25, 0.3) is 0 Å². The molecular weight excluding hydrogens is 396 g/mol. The molecule has 2 N–H and O–H groups in total. The number of benzene rings is 1. The summed E-state index contributed by atoms with van der Waals surface area (Å²) in [6.45, 7) is 6.42. The van der Waals surface area contributed by atoms with Gasteiger partial charge < -0.3 is 20.1 Å². The summed E-state index contributed by atoms with van der Waals surface area (Å²) >= 11 is 0. The van der Waals surface area contributed by atoms with E-state index >= 15 is 0 Å². The molecule has 9 heteroatoms. The zero-order valence-corrected chi connectivity index (χ0v) is 17.0. The van der Waals surface area contributed by atoms with Crippen molar-refractivity contribution in [3.63, 3.8) is 0 Å². The molecule has 0 aromatic heterocycles. The Balaban J connectivity index is 0.00000182. The number of ether oxygens (including phenoxy) is 2. The Labute approximate surface area is 172 Å². The number of nitrogens with zero attached hydrogens (tertiary/aromatic N) is 1. The van der Waals surface area contributed by atoms with Gasteiger partial charge in [0.15, 0.2) is 0 Å². The first kappa shape index (κ1) is 24.1. The van der Waals surface area contributed by atoms with E-state index in [0.717, 1.165) is 18.7 Å². The van der Waals surface area contributed by atoms with E-state index in [1.165, 1.54) is 12.1 Å². The number of amides is 1. The second-order valence-corrected chi connectivity index (χ2v) is 6.47. The number of carbonyl (C=O) groups excluding carboxylic acids is 1. The van der Waals surface area contributed by atoms with Gasteiger partial charge in [0, 0.05) is 26.2 Å². The number of rotatable bonds is 5. The lowest BCUT2D eigenvalue weighted by Crippen LogP contribution is -2.56. The Bertz CT molecular complexity index is 591. The molecule has 2 fully saturated rings. The van der Waals surface area contributed by atoms with Gasteiger partial charge in [-0.1, -0.05) is 12.1 Å². The van der Waals surface area contributed by atoms with Gasteiger partial charge in [0.1, 0.15) is 11.9 Å². The van der Waals surface area contributed by atoms with Gasteiger partial charge in [0.05, 0.1) is 32.0 Å². The topological polar surface area (TPSA) is 62.8 Å². The molecule has 1 unspecified atom stereocenters. The van der Waals surface area contributed by atoms with Crippen molar-refractivity contribution in [2.45, 2.75) is 25.1 Å². The highest BCUT2D eigenvalue weighted by Gasteiger charge is 2.30. The molecule has 0 bridgehead atoms. The molecule has 6 nitrogen and oxygen atoms in total. The molecular formula is C18H28Cl2FN3O3. The lowest BCUT2D eigenvalue weighted by molar-refractivity contribution is -0.129. The van der Waals surface area contributed by atoms with Crippen LogP contribution in [0.4, 0.5) is 4.39 Å². The van der Waals surface area contributed by atoms with Crippen LogP contribution < -0.4 is 10.6 Å². The van der Waals surface area contributed by atoms with E-state index in [4.69, 9.17) is 9.47 Å². The van der Waals surface area contributed by atoms with Gasteiger partial charge in [-0.3, -0.25) is 9.69 Å². The first-order valence-corrected chi connectivity index (χ1v) is 8.85. The van der Waals surface area contributed by atoms with Crippen molar-refractivity contribution in [2.75, 3.05) is 46.0 Å². The average molecular weight is 424 g/mol. The molecule has 1 aromatic rings. The van der Waals surface area contributed by atoms with Crippen LogP contribution in [0.2, 0.25) is 0 Å². The largest absolute Gasteiger partial charge is 0.379 e. The summed E-state index contributed by atoms with van der Waals surface area (Å²) < 4.78 is 24.6. The molecule has 0 saturated carbocycles. The van der Waals surface area contributed by atoms with Crippen LogP contribution >= 0.6 is 24.8 Å². The van der Waals surface area contributed by atoms with E-state index in [1.54, 1.807) is 6.07 Å². The predicted octanol–water partition coefficient (Wildman–Crippen LogP) is 1.54. The van der Waals surface area contributed by atoms with E-state index < -0.39 is 0 Å². The molecule has 1 amide bonds. The highest BCUT2D eigenvalue weighted by molar-refractivity contribution is 5.85. The minimum Gasteiger partial charge on any atom is -0.379 e. The molecule has 0 aliphatic carbocycles. The highest BCUT2D eigenvalue weighted by Crippen LogP contribution is 2.22. The summed E-state index contributed by atoms with van der Waals surface area (Å²) in [6, 6.07) is 6.15. The Morgan fingerprint density at radius 1 is 1.33 bits per heavy atom. The van der Waals surface area contributed by atoms with Gasteiger partial charge >= 0.3 is 0 Å². The van der Waals surface area contributed by atoms with E-state index in [9.17, 15) is 9.18 Å². The van der Waals surface area contributed by atoms with Crippen LogP contribution in [0.3, 0.4) is 0 Å². The maximum atomic E-state index is 13.7. The first-order valence-electron chi connectivity index (χ1n) is 8.85. The van der Waals surface area contributed by atoms with Crippen molar-refractivity contribution in [2.24, 2.45) is 0 Å². The Morgan fingerprint density at radius 2 is 2.07 bits per heavy atom. The lowest BCUT2D eigenvalue weighted by Gasteiger charge is -2.36. The number of hydrogen-bond donors (Lipinski definition) is 2. The Morgan fingerprint density at radius 3 is 2.74 bits per heavy atom. The Hall–Kier alpha value is -0.960. The van der Waals surface area contributed by atoms with E-state index in [2.05, 4.69) is 15.5 Å². The third-order valence-electron chi connectivity index (χ3n) is 4.79. The molecule has 1 aromatic carbocycles. The number of morpholine rings is 2. The summed E-state index contributed by atoms with van der Waals surface area (Å²) in [4.78, 5) is 14.8. The summed E-state index contributed by atoms with van der Waals surface area (Å²) in [5.41, 5.74) is 0.864. The van der Waals surface area contributed by atoms with Gasteiger partial charge in [-0.2, -0.15) is 0 Å². The summed E-state index contributed by atoms with van der Waals surface area (Å²) in [5, 5.41) is 6.20. The van der Waals surface area contributed by atoms with E-state index in [0.29, 0.717) is 32.9 Å². The normalized spacial score (nSPS) is 24.2. The number of halogens is 3. The fraction of sp³-hybridized carbons (Fsp3) is 0.611. The van der Waals surface area contributed by atoms with Crippen molar-refractivity contribution < 1.29 is 18.7 Å². The number of hydrogen-bond acceptors (Lipinski definition) is 5. The molecule has 0 spiro atoms. The molecule has 154 valence electrons. The maximum absolute atomic E-state index is 13.7. The SMILES string of the molecule is C[C@H]1OCCN[C@@H]1C(=O)NCC(c1cccc(F)c1)N1CCOCC1.Cl.Cl. The maximum Gasteiger partial charge on any atom is 0.239 e. The standard InChI is InChI=1S/C18H26FN3O3.2ClH/c1-13-17(20-5-8-25-13)18(23)21-12-16(22-6-9-24-10-7-22)14-3-2-4-15(19)11-14;;/h2-4,11,13,16-17,20H,5-10,12H2,1H3,(H,21,23);2*1H/t13-,16?,17+;;/m1../s1. The second-order valence-electron chi connectivity index (χ2n) is 6.47. The van der Waals surface area contributed by atoms with E-state index in [1.807, 2.05) is 13.0 Å².